The Bertz CT molecular complexity index is 479. The molecule has 0 amide bonds. The Hall–Kier alpha value is -1.81. The molecule has 0 atom stereocenters. The first-order valence-corrected chi connectivity index (χ1v) is 5.65. The first-order valence-electron chi connectivity index (χ1n) is 5.65. The van der Waals surface area contributed by atoms with Crippen molar-refractivity contribution < 1.29 is 4.74 Å². The molecule has 0 spiro atoms. The highest BCUT2D eigenvalue weighted by Crippen LogP contribution is 2.13. The minimum atomic E-state index is 0.492. The van der Waals surface area contributed by atoms with Crippen LogP contribution in [0.4, 0.5) is 0 Å². The number of methoxy groups -OCH3 is 1. The Morgan fingerprint density at radius 1 is 1.41 bits per heavy atom. The summed E-state index contributed by atoms with van der Waals surface area (Å²) in [5, 5.41) is 0. The van der Waals surface area contributed by atoms with E-state index in [1.165, 1.54) is 5.56 Å². The maximum atomic E-state index is 5.52. The van der Waals surface area contributed by atoms with E-state index in [4.69, 9.17) is 10.5 Å². The topological polar surface area (TPSA) is 53.1 Å². The summed E-state index contributed by atoms with van der Waals surface area (Å²) in [4.78, 5) is 4.19. The fourth-order valence-electron chi connectivity index (χ4n) is 1.72. The number of aromatic nitrogens is 2. The summed E-state index contributed by atoms with van der Waals surface area (Å²) >= 11 is 0. The standard InChI is InChI=1S/C13H17N3O/c1-17-13-4-2-3-11(7-13)5-6-16-9-12(8-14)15-10-16/h2-4,7,9-10H,5-6,8,14H2,1H3. The third kappa shape index (κ3) is 3.07. The molecule has 0 aliphatic rings. The minimum Gasteiger partial charge on any atom is -0.497 e. The molecule has 1 heterocycles. The smallest absolute Gasteiger partial charge is 0.119 e. The monoisotopic (exact) mass is 231 g/mol. The summed E-state index contributed by atoms with van der Waals surface area (Å²) < 4.78 is 7.25. The van der Waals surface area contributed by atoms with E-state index in [9.17, 15) is 0 Å². The summed E-state index contributed by atoms with van der Waals surface area (Å²) in [5.74, 6) is 0.899. The summed E-state index contributed by atoms with van der Waals surface area (Å²) in [5.41, 5.74) is 7.70. The Kier molecular flexibility index (Phi) is 3.77. The number of hydrogen-bond donors (Lipinski definition) is 1. The predicted octanol–water partition coefficient (Wildman–Crippen LogP) is 1.59. The van der Waals surface area contributed by atoms with Gasteiger partial charge in [0.25, 0.3) is 0 Å². The number of aryl methyl sites for hydroxylation is 2. The number of ether oxygens (including phenoxy) is 1. The Balaban J connectivity index is 1.96. The average molecular weight is 231 g/mol. The summed E-state index contributed by atoms with van der Waals surface area (Å²) in [6.45, 7) is 1.40. The number of nitrogens with zero attached hydrogens (tertiary/aromatic N) is 2. The second-order valence-electron chi connectivity index (χ2n) is 3.91. The van der Waals surface area contributed by atoms with Gasteiger partial charge in [-0.2, -0.15) is 0 Å². The molecule has 0 fully saturated rings. The van der Waals surface area contributed by atoms with E-state index in [1.54, 1.807) is 7.11 Å². The zero-order valence-corrected chi connectivity index (χ0v) is 9.97. The molecule has 1 aromatic heterocycles. The molecule has 2 aromatic rings. The minimum absolute atomic E-state index is 0.492. The average Bonchev–Trinajstić information content (AvgIpc) is 2.84. The van der Waals surface area contributed by atoms with Crippen LogP contribution in [0.15, 0.2) is 36.8 Å². The van der Waals surface area contributed by atoms with Crippen LogP contribution in [0.2, 0.25) is 0 Å². The quantitative estimate of drug-likeness (QED) is 0.850. The molecule has 4 heteroatoms. The summed E-state index contributed by atoms with van der Waals surface area (Å²) in [7, 11) is 1.68. The Morgan fingerprint density at radius 2 is 2.29 bits per heavy atom. The summed E-state index contributed by atoms with van der Waals surface area (Å²) in [6.07, 6.45) is 4.76. The lowest BCUT2D eigenvalue weighted by Gasteiger charge is -2.05. The van der Waals surface area contributed by atoms with E-state index in [2.05, 4.69) is 21.7 Å². The molecule has 90 valence electrons. The molecule has 0 bridgehead atoms. The van der Waals surface area contributed by atoms with Crippen molar-refractivity contribution in [3.8, 4) is 5.75 Å². The van der Waals surface area contributed by atoms with Crippen molar-refractivity contribution in [3.05, 3.63) is 48.0 Å². The van der Waals surface area contributed by atoms with Gasteiger partial charge < -0.3 is 15.0 Å². The maximum Gasteiger partial charge on any atom is 0.119 e. The van der Waals surface area contributed by atoms with Gasteiger partial charge in [-0.1, -0.05) is 12.1 Å². The maximum absolute atomic E-state index is 5.52. The van der Waals surface area contributed by atoms with Crippen LogP contribution in [-0.2, 0) is 19.5 Å². The van der Waals surface area contributed by atoms with Crippen molar-refractivity contribution >= 4 is 0 Å². The molecule has 0 saturated carbocycles. The zero-order chi connectivity index (χ0) is 12.1. The lowest BCUT2D eigenvalue weighted by Crippen LogP contribution is -1.99. The lowest BCUT2D eigenvalue weighted by atomic mass is 10.1. The largest absolute Gasteiger partial charge is 0.497 e. The first-order chi connectivity index (χ1) is 8.31. The molecule has 2 rings (SSSR count). The van der Waals surface area contributed by atoms with Gasteiger partial charge in [-0.15, -0.1) is 0 Å². The lowest BCUT2D eigenvalue weighted by molar-refractivity contribution is 0.414. The van der Waals surface area contributed by atoms with Gasteiger partial charge in [0.1, 0.15) is 5.75 Å². The highest BCUT2D eigenvalue weighted by molar-refractivity contribution is 5.28. The molecular formula is C13H17N3O. The van der Waals surface area contributed by atoms with Crippen LogP contribution in [0.5, 0.6) is 5.75 Å². The molecule has 17 heavy (non-hydrogen) atoms. The van der Waals surface area contributed by atoms with Crippen molar-refractivity contribution in [1.82, 2.24) is 9.55 Å². The van der Waals surface area contributed by atoms with Crippen LogP contribution < -0.4 is 10.5 Å². The van der Waals surface area contributed by atoms with E-state index in [-0.39, 0.29) is 0 Å². The second-order valence-corrected chi connectivity index (χ2v) is 3.91. The molecule has 2 N–H and O–H groups in total. The molecule has 0 unspecified atom stereocenters. The van der Waals surface area contributed by atoms with Crippen LogP contribution in [0.1, 0.15) is 11.3 Å². The highest BCUT2D eigenvalue weighted by atomic mass is 16.5. The van der Waals surface area contributed by atoms with Crippen LogP contribution >= 0.6 is 0 Å². The highest BCUT2D eigenvalue weighted by Gasteiger charge is 1.99. The number of imidazole rings is 1. The fourth-order valence-corrected chi connectivity index (χ4v) is 1.72. The normalized spacial score (nSPS) is 10.5. The second kappa shape index (κ2) is 5.50. The van der Waals surface area contributed by atoms with Crippen molar-refractivity contribution in [2.75, 3.05) is 7.11 Å². The van der Waals surface area contributed by atoms with Crippen molar-refractivity contribution in [1.29, 1.82) is 0 Å². The van der Waals surface area contributed by atoms with Crippen LogP contribution in [-0.4, -0.2) is 16.7 Å². The number of nitrogens with two attached hydrogens (primary N) is 1. The van der Waals surface area contributed by atoms with Gasteiger partial charge in [0.2, 0.25) is 0 Å². The molecular weight excluding hydrogens is 214 g/mol. The Morgan fingerprint density at radius 3 is 3.00 bits per heavy atom. The third-order valence-electron chi connectivity index (χ3n) is 2.69. The predicted molar refractivity (Wildman–Crippen MR) is 66.8 cm³/mol. The van der Waals surface area contributed by atoms with E-state index in [0.29, 0.717) is 6.54 Å². The number of benzene rings is 1. The van der Waals surface area contributed by atoms with Gasteiger partial charge in [-0.25, -0.2) is 4.98 Å². The van der Waals surface area contributed by atoms with Crippen LogP contribution in [0, 0.1) is 0 Å². The molecule has 4 nitrogen and oxygen atoms in total. The molecule has 0 saturated heterocycles. The zero-order valence-electron chi connectivity index (χ0n) is 9.97. The first kappa shape index (κ1) is 11.7. The molecule has 0 aliphatic heterocycles. The van der Waals surface area contributed by atoms with Gasteiger partial charge in [0, 0.05) is 19.3 Å². The van der Waals surface area contributed by atoms with Crippen LogP contribution in [0.3, 0.4) is 0 Å². The van der Waals surface area contributed by atoms with Gasteiger partial charge in [0.15, 0.2) is 0 Å². The van der Waals surface area contributed by atoms with Gasteiger partial charge in [-0.05, 0) is 24.1 Å². The molecule has 0 aliphatic carbocycles. The summed E-state index contributed by atoms with van der Waals surface area (Å²) in [6, 6.07) is 8.12. The molecule has 1 aromatic carbocycles. The van der Waals surface area contributed by atoms with Gasteiger partial charge in [0.05, 0.1) is 19.1 Å². The van der Waals surface area contributed by atoms with E-state index >= 15 is 0 Å². The van der Waals surface area contributed by atoms with Gasteiger partial charge >= 0.3 is 0 Å². The van der Waals surface area contributed by atoms with Crippen LogP contribution in [0.25, 0.3) is 0 Å². The van der Waals surface area contributed by atoms with E-state index in [1.807, 2.05) is 24.7 Å². The van der Waals surface area contributed by atoms with Crippen molar-refractivity contribution in [2.45, 2.75) is 19.5 Å². The van der Waals surface area contributed by atoms with Gasteiger partial charge in [-0.3, -0.25) is 0 Å². The van der Waals surface area contributed by atoms with E-state index in [0.717, 1.165) is 24.4 Å². The van der Waals surface area contributed by atoms with E-state index < -0.39 is 0 Å². The number of hydrogen-bond acceptors (Lipinski definition) is 3. The Labute approximate surface area is 101 Å². The number of rotatable bonds is 5. The fraction of sp³-hybridized carbons (Fsp3) is 0.308. The third-order valence-corrected chi connectivity index (χ3v) is 2.69. The van der Waals surface area contributed by atoms with Crippen molar-refractivity contribution in [3.63, 3.8) is 0 Å². The SMILES string of the molecule is COc1cccc(CCn2cnc(CN)c2)c1. The van der Waals surface area contributed by atoms with Crippen molar-refractivity contribution in [2.24, 2.45) is 5.73 Å². The molecule has 0 radical (unpaired) electrons.